The Balaban J connectivity index is 3.47. The molecule has 0 aliphatic carbocycles. The molecular weight excluding hydrogens is 162 g/mol. The fourth-order valence-corrected chi connectivity index (χ4v) is 1.41. The summed E-state index contributed by atoms with van der Waals surface area (Å²) in [6, 6.07) is 0.667. The van der Waals surface area contributed by atoms with E-state index in [2.05, 4.69) is 19.2 Å². The molecule has 0 aromatic rings. The predicted octanol–water partition coefficient (Wildman–Crippen LogP) is 2.58. The van der Waals surface area contributed by atoms with Crippen LogP contribution in [0.3, 0.4) is 0 Å². The van der Waals surface area contributed by atoms with Crippen molar-refractivity contribution in [2.75, 3.05) is 20.3 Å². The van der Waals surface area contributed by atoms with Gasteiger partial charge in [0.2, 0.25) is 0 Å². The highest BCUT2D eigenvalue weighted by Crippen LogP contribution is 2.04. The van der Waals surface area contributed by atoms with Crippen molar-refractivity contribution >= 4 is 0 Å². The first-order valence-electron chi connectivity index (χ1n) is 5.57. The van der Waals surface area contributed by atoms with E-state index in [1.807, 2.05) is 0 Å². The van der Waals surface area contributed by atoms with Crippen molar-refractivity contribution in [1.82, 2.24) is 5.32 Å². The molecule has 1 unspecified atom stereocenters. The van der Waals surface area contributed by atoms with Crippen LogP contribution in [0.5, 0.6) is 0 Å². The normalized spacial score (nSPS) is 13.2. The molecule has 0 heterocycles. The lowest BCUT2D eigenvalue weighted by Crippen LogP contribution is -2.30. The first-order valence-corrected chi connectivity index (χ1v) is 5.57. The van der Waals surface area contributed by atoms with E-state index in [1.54, 1.807) is 7.11 Å². The zero-order chi connectivity index (χ0) is 9.94. The Morgan fingerprint density at radius 1 is 1.15 bits per heavy atom. The van der Waals surface area contributed by atoms with Crippen LogP contribution >= 0.6 is 0 Å². The van der Waals surface area contributed by atoms with Crippen LogP contribution in [0, 0.1) is 0 Å². The van der Waals surface area contributed by atoms with Gasteiger partial charge in [0.15, 0.2) is 0 Å². The Morgan fingerprint density at radius 3 is 2.46 bits per heavy atom. The molecule has 0 spiro atoms. The lowest BCUT2D eigenvalue weighted by Gasteiger charge is -2.17. The van der Waals surface area contributed by atoms with Gasteiger partial charge in [-0.05, 0) is 25.8 Å². The molecule has 0 fully saturated rings. The molecule has 0 aromatic heterocycles. The lowest BCUT2D eigenvalue weighted by molar-refractivity contribution is 0.180. The summed E-state index contributed by atoms with van der Waals surface area (Å²) in [6.45, 7) is 6.47. The second-order valence-corrected chi connectivity index (χ2v) is 3.57. The second kappa shape index (κ2) is 10.0. The van der Waals surface area contributed by atoms with Gasteiger partial charge in [0.25, 0.3) is 0 Å². The van der Waals surface area contributed by atoms with Crippen molar-refractivity contribution < 1.29 is 4.74 Å². The number of hydrogen-bond acceptors (Lipinski definition) is 2. The lowest BCUT2D eigenvalue weighted by atomic mass is 10.1. The molecule has 0 aliphatic rings. The van der Waals surface area contributed by atoms with Crippen molar-refractivity contribution in [3.63, 3.8) is 0 Å². The number of unbranched alkanes of at least 4 members (excludes halogenated alkanes) is 1. The minimum Gasteiger partial charge on any atom is -0.385 e. The molecule has 0 amide bonds. The van der Waals surface area contributed by atoms with Gasteiger partial charge in [-0.25, -0.2) is 0 Å². The van der Waals surface area contributed by atoms with Crippen molar-refractivity contribution in [3.05, 3.63) is 0 Å². The van der Waals surface area contributed by atoms with Crippen LogP contribution in [0.25, 0.3) is 0 Å². The number of rotatable bonds is 9. The zero-order valence-electron chi connectivity index (χ0n) is 9.44. The first-order chi connectivity index (χ1) is 6.35. The fourth-order valence-electron chi connectivity index (χ4n) is 1.41. The average Bonchev–Trinajstić information content (AvgIpc) is 2.17. The third-order valence-corrected chi connectivity index (χ3v) is 2.26. The molecule has 0 aromatic carbocycles. The molecule has 0 saturated heterocycles. The molecule has 13 heavy (non-hydrogen) atoms. The molecule has 2 nitrogen and oxygen atoms in total. The van der Waals surface area contributed by atoms with Gasteiger partial charge in [-0.15, -0.1) is 0 Å². The van der Waals surface area contributed by atoms with Crippen LogP contribution in [-0.4, -0.2) is 26.3 Å². The SMILES string of the molecule is CCCCC(CCOC)NCCC. The molecule has 1 atom stereocenters. The highest BCUT2D eigenvalue weighted by molar-refractivity contribution is 4.65. The fraction of sp³-hybridized carbons (Fsp3) is 1.00. The van der Waals surface area contributed by atoms with Crippen LogP contribution in [-0.2, 0) is 4.74 Å². The third-order valence-electron chi connectivity index (χ3n) is 2.26. The Labute approximate surface area is 83.1 Å². The van der Waals surface area contributed by atoms with Crippen LogP contribution in [0.2, 0.25) is 0 Å². The Bertz CT molecular complexity index is 77.1. The van der Waals surface area contributed by atoms with E-state index in [4.69, 9.17) is 4.74 Å². The minimum atomic E-state index is 0.667. The van der Waals surface area contributed by atoms with Gasteiger partial charge < -0.3 is 10.1 Å². The number of nitrogens with one attached hydrogen (secondary N) is 1. The van der Waals surface area contributed by atoms with Gasteiger partial charge in [0.05, 0.1) is 0 Å². The molecule has 0 radical (unpaired) electrons. The monoisotopic (exact) mass is 187 g/mol. The Hall–Kier alpha value is -0.0800. The van der Waals surface area contributed by atoms with E-state index >= 15 is 0 Å². The molecule has 0 bridgehead atoms. The summed E-state index contributed by atoms with van der Waals surface area (Å²) in [4.78, 5) is 0. The highest BCUT2D eigenvalue weighted by atomic mass is 16.5. The maximum absolute atomic E-state index is 5.09. The number of methoxy groups -OCH3 is 1. The topological polar surface area (TPSA) is 21.3 Å². The van der Waals surface area contributed by atoms with Gasteiger partial charge in [0.1, 0.15) is 0 Å². The van der Waals surface area contributed by atoms with Gasteiger partial charge in [-0.1, -0.05) is 26.7 Å². The average molecular weight is 187 g/mol. The predicted molar refractivity (Wildman–Crippen MR) is 58.1 cm³/mol. The standard InChI is InChI=1S/C11H25NO/c1-4-6-7-11(8-10-13-3)12-9-5-2/h11-12H,4-10H2,1-3H3. The second-order valence-electron chi connectivity index (χ2n) is 3.57. The van der Waals surface area contributed by atoms with E-state index in [-0.39, 0.29) is 0 Å². The summed E-state index contributed by atoms with van der Waals surface area (Å²) in [5.74, 6) is 0. The van der Waals surface area contributed by atoms with E-state index in [9.17, 15) is 0 Å². The van der Waals surface area contributed by atoms with Gasteiger partial charge in [0, 0.05) is 19.8 Å². The number of hydrogen-bond donors (Lipinski definition) is 1. The minimum absolute atomic E-state index is 0.667. The van der Waals surface area contributed by atoms with Crippen molar-refractivity contribution in [1.29, 1.82) is 0 Å². The van der Waals surface area contributed by atoms with E-state index < -0.39 is 0 Å². The first kappa shape index (κ1) is 12.9. The maximum atomic E-state index is 5.09. The zero-order valence-corrected chi connectivity index (χ0v) is 9.44. The summed E-state index contributed by atoms with van der Waals surface area (Å²) in [5, 5.41) is 3.56. The number of ether oxygens (including phenoxy) is 1. The maximum Gasteiger partial charge on any atom is 0.0477 e. The molecule has 2 heteroatoms. The summed E-state index contributed by atoms with van der Waals surface area (Å²) in [6.07, 6.45) is 6.27. The molecule has 80 valence electrons. The van der Waals surface area contributed by atoms with Crippen LogP contribution in [0.15, 0.2) is 0 Å². The molecule has 0 aliphatic heterocycles. The largest absolute Gasteiger partial charge is 0.385 e. The van der Waals surface area contributed by atoms with Crippen molar-refractivity contribution in [2.45, 2.75) is 52.0 Å². The van der Waals surface area contributed by atoms with Gasteiger partial charge >= 0.3 is 0 Å². The van der Waals surface area contributed by atoms with Crippen molar-refractivity contribution in [2.24, 2.45) is 0 Å². The quantitative estimate of drug-likeness (QED) is 0.599. The third kappa shape index (κ3) is 8.26. The van der Waals surface area contributed by atoms with Crippen LogP contribution in [0.1, 0.15) is 46.0 Å². The van der Waals surface area contributed by atoms with Crippen LogP contribution < -0.4 is 5.32 Å². The van der Waals surface area contributed by atoms with Gasteiger partial charge in [-0.3, -0.25) is 0 Å². The molecule has 0 saturated carbocycles. The highest BCUT2D eigenvalue weighted by Gasteiger charge is 2.05. The van der Waals surface area contributed by atoms with E-state index in [0.29, 0.717) is 6.04 Å². The summed E-state index contributed by atoms with van der Waals surface area (Å²) >= 11 is 0. The molecule has 0 rings (SSSR count). The Kier molecular flexibility index (Phi) is 9.94. The van der Waals surface area contributed by atoms with Crippen LogP contribution in [0.4, 0.5) is 0 Å². The van der Waals surface area contributed by atoms with E-state index in [0.717, 1.165) is 19.6 Å². The summed E-state index contributed by atoms with van der Waals surface area (Å²) < 4.78 is 5.09. The van der Waals surface area contributed by atoms with E-state index in [1.165, 1.54) is 25.7 Å². The van der Waals surface area contributed by atoms with Gasteiger partial charge in [-0.2, -0.15) is 0 Å². The summed E-state index contributed by atoms with van der Waals surface area (Å²) in [5.41, 5.74) is 0. The molecule has 1 N–H and O–H groups in total. The Morgan fingerprint density at radius 2 is 1.92 bits per heavy atom. The smallest absolute Gasteiger partial charge is 0.0477 e. The summed E-state index contributed by atoms with van der Waals surface area (Å²) in [7, 11) is 1.77. The van der Waals surface area contributed by atoms with Crippen molar-refractivity contribution in [3.8, 4) is 0 Å². The molecular formula is C11H25NO.